The van der Waals surface area contributed by atoms with Crippen LogP contribution in [0, 0.1) is 0 Å². The number of amides is 2. The lowest BCUT2D eigenvalue weighted by atomic mass is 10.3. The van der Waals surface area contributed by atoms with Crippen LogP contribution in [0.4, 0.5) is 4.79 Å². The van der Waals surface area contributed by atoms with Gasteiger partial charge in [-0.25, -0.2) is 4.79 Å². The van der Waals surface area contributed by atoms with E-state index in [1.807, 2.05) is 6.07 Å². The van der Waals surface area contributed by atoms with Gasteiger partial charge in [0.15, 0.2) is 18.2 Å². The van der Waals surface area contributed by atoms with Crippen LogP contribution in [-0.4, -0.2) is 39.0 Å². The Bertz CT molecular complexity index is 450. The third-order valence-electron chi connectivity index (χ3n) is 2.23. The van der Waals surface area contributed by atoms with Gasteiger partial charge in [0.1, 0.15) is 6.54 Å². The number of urea groups is 1. The standard InChI is InChI=1S/C13H18N2O5/c1-3-19-12(16)8-14-13(17)15-9-20-11-7-5-4-6-10(11)18-2/h4-7H,3,8-9H2,1-2H3,(H2,14,15,17). The normalized spacial score (nSPS) is 9.50. The van der Waals surface area contributed by atoms with Crippen molar-refractivity contribution < 1.29 is 23.8 Å². The predicted octanol–water partition coefficient (Wildman–Crippen LogP) is 0.894. The molecule has 0 saturated carbocycles. The molecule has 0 spiro atoms. The second kappa shape index (κ2) is 8.63. The fraction of sp³-hybridized carbons (Fsp3) is 0.385. The lowest BCUT2D eigenvalue weighted by Crippen LogP contribution is -2.40. The summed E-state index contributed by atoms with van der Waals surface area (Å²) >= 11 is 0. The van der Waals surface area contributed by atoms with Gasteiger partial charge in [-0.1, -0.05) is 12.1 Å². The predicted molar refractivity (Wildman–Crippen MR) is 71.7 cm³/mol. The highest BCUT2D eigenvalue weighted by Crippen LogP contribution is 2.25. The first-order valence-corrected chi connectivity index (χ1v) is 6.10. The Labute approximate surface area is 117 Å². The summed E-state index contributed by atoms with van der Waals surface area (Å²) in [5, 5.41) is 4.79. The monoisotopic (exact) mass is 282 g/mol. The highest BCUT2D eigenvalue weighted by atomic mass is 16.5. The maximum absolute atomic E-state index is 11.4. The van der Waals surface area contributed by atoms with Crippen LogP contribution in [0.5, 0.6) is 11.5 Å². The number of esters is 1. The molecule has 0 saturated heterocycles. The number of carbonyl (C=O) groups is 2. The van der Waals surface area contributed by atoms with Crippen molar-refractivity contribution in [2.24, 2.45) is 0 Å². The summed E-state index contributed by atoms with van der Waals surface area (Å²) in [6, 6.07) is 6.55. The molecule has 110 valence electrons. The molecule has 0 aromatic heterocycles. The lowest BCUT2D eigenvalue weighted by Gasteiger charge is -2.11. The number of hydrogen-bond acceptors (Lipinski definition) is 5. The minimum Gasteiger partial charge on any atom is -0.493 e. The molecule has 0 aliphatic heterocycles. The van der Waals surface area contributed by atoms with Gasteiger partial charge in [0, 0.05) is 0 Å². The van der Waals surface area contributed by atoms with E-state index in [0.717, 1.165) is 0 Å². The molecule has 2 amide bonds. The van der Waals surface area contributed by atoms with Gasteiger partial charge in [-0.2, -0.15) is 0 Å². The quantitative estimate of drug-likeness (QED) is 0.573. The van der Waals surface area contributed by atoms with Crippen molar-refractivity contribution in [3.63, 3.8) is 0 Å². The lowest BCUT2D eigenvalue weighted by molar-refractivity contribution is -0.141. The number of benzene rings is 1. The largest absolute Gasteiger partial charge is 0.493 e. The molecular weight excluding hydrogens is 264 g/mol. The maximum atomic E-state index is 11.4. The molecule has 0 aliphatic rings. The summed E-state index contributed by atoms with van der Waals surface area (Å²) in [5.41, 5.74) is 0. The third-order valence-corrected chi connectivity index (χ3v) is 2.23. The Morgan fingerprint density at radius 1 is 1.15 bits per heavy atom. The highest BCUT2D eigenvalue weighted by Gasteiger charge is 2.06. The van der Waals surface area contributed by atoms with Gasteiger partial charge in [-0.05, 0) is 19.1 Å². The highest BCUT2D eigenvalue weighted by molar-refractivity contribution is 5.80. The first kappa shape index (κ1) is 15.6. The van der Waals surface area contributed by atoms with Crippen LogP contribution in [0.15, 0.2) is 24.3 Å². The van der Waals surface area contributed by atoms with Crippen LogP contribution < -0.4 is 20.1 Å². The maximum Gasteiger partial charge on any atom is 0.325 e. The van der Waals surface area contributed by atoms with E-state index in [1.54, 1.807) is 25.1 Å². The van der Waals surface area contributed by atoms with E-state index in [-0.39, 0.29) is 19.9 Å². The Hall–Kier alpha value is -2.44. The van der Waals surface area contributed by atoms with Gasteiger partial charge in [-0.3, -0.25) is 4.79 Å². The zero-order valence-corrected chi connectivity index (χ0v) is 11.5. The Morgan fingerprint density at radius 3 is 2.50 bits per heavy atom. The number of methoxy groups -OCH3 is 1. The van der Waals surface area contributed by atoms with Crippen molar-refractivity contribution in [3.8, 4) is 11.5 Å². The van der Waals surface area contributed by atoms with E-state index in [0.29, 0.717) is 11.5 Å². The molecule has 1 aromatic rings. The van der Waals surface area contributed by atoms with Crippen molar-refractivity contribution in [3.05, 3.63) is 24.3 Å². The number of rotatable bonds is 7. The van der Waals surface area contributed by atoms with Crippen LogP contribution in [0.3, 0.4) is 0 Å². The summed E-state index contributed by atoms with van der Waals surface area (Å²) in [6.45, 7) is 1.74. The fourth-order valence-electron chi connectivity index (χ4n) is 1.34. The van der Waals surface area contributed by atoms with E-state index in [9.17, 15) is 9.59 Å². The summed E-state index contributed by atoms with van der Waals surface area (Å²) in [4.78, 5) is 22.4. The molecule has 0 bridgehead atoms. The van der Waals surface area contributed by atoms with Gasteiger partial charge >= 0.3 is 12.0 Å². The molecule has 1 aromatic carbocycles. The summed E-state index contributed by atoms with van der Waals surface area (Å²) < 4.78 is 15.1. The summed E-state index contributed by atoms with van der Waals surface area (Å²) in [7, 11) is 1.53. The second-order valence-electron chi connectivity index (χ2n) is 3.60. The van der Waals surface area contributed by atoms with Crippen LogP contribution >= 0.6 is 0 Å². The average molecular weight is 282 g/mol. The molecule has 0 aliphatic carbocycles. The summed E-state index contributed by atoms with van der Waals surface area (Å²) in [6.07, 6.45) is 0. The Balaban J connectivity index is 2.26. The molecule has 1 rings (SSSR count). The molecule has 0 fully saturated rings. The van der Waals surface area contributed by atoms with Crippen LogP contribution in [0.2, 0.25) is 0 Å². The zero-order chi connectivity index (χ0) is 14.8. The molecule has 2 N–H and O–H groups in total. The second-order valence-corrected chi connectivity index (χ2v) is 3.60. The number of para-hydroxylation sites is 2. The van der Waals surface area contributed by atoms with Crippen molar-refractivity contribution in [2.75, 3.05) is 27.0 Å². The van der Waals surface area contributed by atoms with E-state index in [1.165, 1.54) is 7.11 Å². The fourth-order valence-corrected chi connectivity index (χ4v) is 1.34. The van der Waals surface area contributed by atoms with Crippen LogP contribution in [0.25, 0.3) is 0 Å². The Kier molecular flexibility index (Phi) is 6.74. The first-order valence-electron chi connectivity index (χ1n) is 6.10. The SMILES string of the molecule is CCOC(=O)CNC(=O)NCOc1ccccc1OC. The minimum absolute atomic E-state index is 0.0466. The molecule has 0 radical (unpaired) electrons. The summed E-state index contributed by atoms with van der Waals surface area (Å²) in [5.74, 6) is 0.593. The van der Waals surface area contributed by atoms with Gasteiger partial charge in [0.2, 0.25) is 0 Å². The van der Waals surface area contributed by atoms with Gasteiger partial charge in [-0.15, -0.1) is 0 Å². The molecule has 7 heteroatoms. The van der Waals surface area contributed by atoms with Crippen LogP contribution in [0.1, 0.15) is 6.92 Å². The smallest absolute Gasteiger partial charge is 0.325 e. The number of carbonyl (C=O) groups excluding carboxylic acids is 2. The van der Waals surface area contributed by atoms with Crippen molar-refractivity contribution in [1.82, 2.24) is 10.6 Å². The zero-order valence-electron chi connectivity index (χ0n) is 11.5. The van der Waals surface area contributed by atoms with E-state index < -0.39 is 12.0 Å². The van der Waals surface area contributed by atoms with Gasteiger partial charge in [0.05, 0.1) is 13.7 Å². The molecule has 0 atom stereocenters. The van der Waals surface area contributed by atoms with Crippen molar-refractivity contribution in [2.45, 2.75) is 6.92 Å². The number of hydrogen-bond donors (Lipinski definition) is 2. The van der Waals surface area contributed by atoms with Gasteiger partial charge in [0.25, 0.3) is 0 Å². The van der Waals surface area contributed by atoms with Crippen molar-refractivity contribution >= 4 is 12.0 Å². The first-order chi connectivity index (χ1) is 9.67. The molecule has 7 nitrogen and oxygen atoms in total. The van der Waals surface area contributed by atoms with E-state index >= 15 is 0 Å². The average Bonchev–Trinajstić information content (AvgIpc) is 2.46. The molecular formula is C13H18N2O5. The molecule has 20 heavy (non-hydrogen) atoms. The molecule has 0 unspecified atom stereocenters. The van der Waals surface area contributed by atoms with Crippen molar-refractivity contribution in [1.29, 1.82) is 0 Å². The molecule has 0 heterocycles. The van der Waals surface area contributed by atoms with Gasteiger partial charge < -0.3 is 24.8 Å². The Morgan fingerprint density at radius 2 is 1.85 bits per heavy atom. The minimum atomic E-state index is -0.520. The van der Waals surface area contributed by atoms with Crippen LogP contribution in [-0.2, 0) is 9.53 Å². The number of ether oxygens (including phenoxy) is 3. The topological polar surface area (TPSA) is 85.9 Å². The van der Waals surface area contributed by atoms with E-state index in [4.69, 9.17) is 9.47 Å². The number of nitrogens with one attached hydrogen (secondary N) is 2. The third kappa shape index (κ3) is 5.47. The van der Waals surface area contributed by atoms with E-state index in [2.05, 4.69) is 15.4 Å².